The van der Waals surface area contributed by atoms with Crippen LogP contribution in [0.1, 0.15) is 15.9 Å². The molecule has 0 aliphatic carbocycles. The molecule has 0 saturated heterocycles. The van der Waals surface area contributed by atoms with Crippen LogP contribution in [0.5, 0.6) is 0 Å². The van der Waals surface area contributed by atoms with Gasteiger partial charge in [0.15, 0.2) is 11.6 Å². The van der Waals surface area contributed by atoms with Crippen LogP contribution in [0.25, 0.3) is 0 Å². The minimum absolute atomic E-state index is 0.0442. The van der Waals surface area contributed by atoms with Crippen molar-refractivity contribution in [1.29, 1.82) is 0 Å². The molecule has 2 nitrogen and oxygen atoms in total. The summed E-state index contributed by atoms with van der Waals surface area (Å²) in [6, 6.07) is 8.11. The molecule has 2 aromatic rings. The van der Waals surface area contributed by atoms with E-state index in [-0.39, 0.29) is 10.0 Å². The van der Waals surface area contributed by atoms with Crippen LogP contribution in [-0.2, 0) is 0 Å². The topological polar surface area (TPSA) is 43.1 Å². The van der Waals surface area contributed by atoms with Gasteiger partial charge in [0.2, 0.25) is 0 Å². The average Bonchev–Trinajstić information content (AvgIpc) is 2.35. The Balaban J connectivity index is 2.52. The van der Waals surface area contributed by atoms with Crippen molar-refractivity contribution in [2.24, 2.45) is 0 Å². The molecule has 2 rings (SSSR count). The van der Waals surface area contributed by atoms with Crippen molar-refractivity contribution in [2.75, 3.05) is 5.73 Å². The lowest BCUT2D eigenvalue weighted by Gasteiger charge is -2.06. The number of nitrogen functional groups attached to an aromatic ring is 1. The van der Waals surface area contributed by atoms with Crippen LogP contribution in [-0.4, -0.2) is 5.78 Å². The molecule has 0 aliphatic rings. The number of halogens is 3. The minimum Gasteiger partial charge on any atom is -0.399 e. The molecule has 0 amide bonds. The standard InChI is InChI=1S/C13H8BrF2NO/c14-9-5-6-10(15)11(12(9)16)13(18)7-1-3-8(17)4-2-7/h1-6H,17H2. The fourth-order valence-electron chi connectivity index (χ4n) is 1.51. The Morgan fingerprint density at radius 2 is 1.67 bits per heavy atom. The number of anilines is 1. The summed E-state index contributed by atoms with van der Waals surface area (Å²) in [5, 5.41) is 0. The highest BCUT2D eigenvalue weighted by Crippen LogP contribution is 2.24. The molecule has 0 saturated carbocycles. The average molecular weight is 312 g/mol. The van der Waals surface area contributed by atoms with Crippen molar-refractivity contribution in [3.8, 4) is 0 Å². The summed E-state index contributed by atoms with van der Waals surface area (Å²) >= 11 is 2.92. The molecule has 0 aromatic heterocycles. The summed E-state index contributed by atoms with van der Waals surface area (Å²) in [4.78, 5) is 12.0. The van der Waals surface area contributed by atoms with E-state index < -0.39 is 23.0 Å². The quantitative estimate of drug-likeness (QED) is 0.523. The van der Waals surface area contributed by atoms with Crippen LogP contribution < -0.4 is 5.73 Å². The third-order valence-electron chi connectivity index (χ3n) is 2.44. The summed E-state index contributed by atoms with van der Waals surface area (Å²) in [6.45, 7) is 0. The van der Waals surface area contributed by atoms with Crippen molar-refractivity contribution < 1.29 is 13.6 Å². The Kier molecular flexibility index (Phi) is 3.43. The van der Waals surface area contributed by atoms with E-state index in [2.05, 4.69) is 15.9 Å². The monoisotopic (exact) mass is 311 g/mol. The molecule has 0 bridgehead atoms. The number of carbonyl (C=O) groups excluding carboxylic acids is 1. The number of nitrogens with two attached hydrogens (primary N) is 1. The molecular weight excluding hydrogens is 304 g/mol. The van der Waals surface area contributed by atoms with Gasteiger partial charge >= 0.3 is 0 Å². The van der Waals surface area contributed by atoms with E-state index in [0.717, 1.165) is 6.07 Å². The minimum atomic E-state index is -0.906. The predicted octanol–water partition coefficient (Wildman–Crippen LogP) is 3.54. The van der Waals surface area contributed by atoms with Crippen LogP contribution in [0.2, 0.25) is 0 Å². The maximum atomic E-state index is 13.7. The number of rotatable bonds is 2. The maximum Gasteiger partial charge on any atom is 0.198 e. The molecule has 2 N–H and O–H groups in total. The van der Waals surface area contributed by atoms with Gasteiger partial charge in [0, 0.05) is 11.3 Å². The van der Waals surface area contributed by atoms with Crippen LogP contribution in [0, 0.1) is 11.6 Å². The fraction of sp³-hybridized carbons (Fsp3) is 0. The molecular formula is C13H8BrF2NO. The van der Waals surface area contributed by atoms with Gasteiger partial charge < -0.3 is 5.73 Å². The molecule has 0 heterocycles. The number of ketones is 1. The first-order valence-electron chi connectivity index (χ1n) is 5.04. The van der Waals surface area contributed by atoms with Gasteiger partial charge in [-0.2, -0.15) is 0 Å². The summed E-state index contributed by atoms with van der Waals surface area (Å²) in [5.74, 6) is -2.51. The van der Waals surface area contributed by atoms with Gasteiger partial charge in [-0.1, -0.05) is 0 Å². The first-order valence-corrected chi connectivity index (χ1v) is 5.83. The lowest BCUT2D eigenvalue weighted by Crippen LogP contribution is -2.08. The molecule has 92 valence electrons. The molecule has 0 atom stereocenters. The number of benzene rings is 2. The van der Waals surface area contributed by atoms with Crippen LogP contribution in [0.15, 0.2) is 40.9 Å². The van der Waals surface area contributed by atoms with E-state index in [1.165, 1.54) is 30.3 Å². The Morgan fingerprint density at radius 3 is 2.28 bits per heavy atom. The Labute approximate surface area is 111 Å². The molecule has 18 heavy (non-hydrogen) atoms. The van der Waals surface area contributed by atoms with Crippen LogP contribution >= 0.6 is 15.9 Å². The van der Waals surface area contributed by atoms with Gasteiger partial charge in [0.25, 0.3) is 0 Å². The second-order valence-electron chi connectivity index (χ2n) is 3.67. The highest BCUT2D eigenvalue weighted by molar-refractivity contribution is 9.10. The van der Waals surface area contributed by atoms with Gasteiger partial charge in [0.05, 0.1) is 10.0 Å². The first-order chi connectivity index (χ1) is 8.50. The molecule has 0 unspecified atom stereocenters. The Morgan fingerprint density at radius 1 is 1.06 bits per heavy atom. The van der Waals surface area contributed by atoms with E-state index in [4.69, 9.17) is 5.73 Å². The van der Waals surface area contributed by atoms with Gasteiger partial charge in [-0.05, 0) is 52.3 Å². The highest BCUT2D eigenvalue weighted by atomic mass is 79.9. The predicted molar refractivity (Wildman–Crippen MR) is 68.3 cm³/mol. The SMILES string of the molecule is Nc1ccc(C(=O)c2c(F)ccc(Br)c2F)cc1. The van der Waals surface area contributed by atoms with E-state index in [1.54, 1.807) is 0 Å². The van der Waals surface area contributed by atoms with E-state index in [0.29, 0.717) is 5.69 Å². The molecule has 0 spiro atoms. The third kappa shape index (κ3) is 2.26. The van der Waals surface area contributed by atoms with Gasteiger partial charge in [-0.25, -0.2) is 8.78 Å². The maximum absolute atomic E-state index is 13.7. The first kappa shape index (κ1) is 12.7. The fourth-order valence-corrected chi connectivity index (χ4v) is 1.84. The Hall–Kier alpha value is -1.75. The van der Waals surface area contributed by atoms with E-state index in [1.807, 2.05) is 0 Å². The van der Waals surface area contributed by atoms with Gasteiger partial charge in [-0.3, -0.25) is 4.79 Å². The number of hydrogen-bond donors (Lipinski definition) is 1. The molecule has 0 aliphatic heterocycles. The molecule has 5 heteroatoms. The van der Waals surface area contributed by atoms with Crippen molar-refractivity contribution in [3.05, 3.63) is 63.6 Å². The van der Waals surface area contributed by atoms with E-state index >= 15 is 0 Å². The normalized spacial score (nSPS) is 10.4. The third-order valence-corrected chi connectivity index (χ3v) is 3.06. The smallest absolute Gasteiger partial charge is 0.198 e. The van der Waals surface area contributed by atoms with Crippen LogP contribution in [0.3, 0.4) is 0 Å². The summed E-state index contributed by atoms with van der Waals surface area (Å²) < 4.78 is 27.3. The summed E-state index contributed by atoms with van der Waals surface area (Å²) in [5.41, 5.74) is 5.56. The van der Waals surface area contributed by atoms with Crippen molar-refractivity contribution >= 4 is 27.4 Å². The largest absolute Gasteiger partial charge is 0.399 e. The van der Waals surface area contributed by atoms with Crippen molar-refractivity contribution in [3.63, 3.8) is 0 Å². The van der Waals surface area contributed by atoms with Gasteiger partial charge in [-0.15, -0.1) is 0 Å². The second kappa shape index (κ2) is 4.86. The lowest BCUT2D eigenvalue weighted by molar-refractivity contribution is 0.103. The molecule has 2 aromatic carbocycles. The van der Waals surface area contributed by atoms with Crippen LogP contribution in [0.4, 0.5) is 14.5 Å². The Bertz CT molecular complexity index is 611. The van der Waals surface area contributed by atoms with Crippen molar-refractivity contribution in [2.45, 2.75) is 0 Å². The zero-order valence-corrected chi connectivity index (χ0v) is 10.7. The van der Waals surface area contributed by atoms with E-state index in [9.17, 15) is 13.6 Å². The zero-order valence-electron chi connectivity index (χ0n) is 9.08. The molecule has 0 fully saturated rings. The van der Waals surface area contributed by atoms with Crippen molar-refractivity contribution in [1.82, 2.24) is 0 Å². The lowest BCUT2D eigenvalue weighted by atomic mass is 10.0. The zero-order chi connectivity index (χ0) is 13.3. The highest BCUT2D eigenvalue weighted by Gasteiger charge is 2.20. The number of hydrogen-bond acceptors (Lipinski definition) is 2. The summed E-state index contributed by atoms with van der Waals surface area (Å²) in [6.07, 6.45) is 0. The molecule has 0 radical (unpaired) electrons. The number of carbonyl (C=O) groups is 1. The van der Waals surface area contributed by atoms with Gasteiger partial charge in [0.1, 0.15) is 5.82 Å². The summed E-state index contributed by atoms with van der Waals surface area (Å²) in [7, 11) is 0. The second-order valence-corrected chi connectivity index (χ2v) is 4.52.